The van der Waals surface area contributed by atoms with E-state index in [1.807, 2.05) is 65.0 Å². The van der Waals surface area contributed by atoms with E-state index in [0.717, 1.165) is 22.4 Å². The number of carbonyl (C=O) groups is 3. The molecule has 0 saturated carbocycles. The Morgan fingerprint density at radius 2 is 1.77 bits per heavy atom. The van der Waals surface area contributed by atoms with Crippen LogP contribution in [0.3, 0.4) is 0 Å². The smallest absolute Gasteiger partial charge is 0.229 e. The van der Waals surface area contributed by atoms with Crippen LogP contribution in [0.1, 0.15) is 37.0 Å². The first-order valence-electron chi connectivity index (χ1n) is 10.3. The lowest BCUT2D eigenvalue weighted by Crippen LogP contribution is -2.29. The monoisotopic (exact) mass is 407 g/mol. The normalized spacial score (nSPS) is 16.1. The zero-order chi connectivity index (χ0) is 22.0. The van der Waals surface area contributed by atoms with E-state index in [4.69, 9.17) is 0 Å². The van der Waals surface area contributed by atoms with E-state index in [-0.39, 0.29) is 30.1 Å². The van der Waals surface area contributed by atoms with Gasteiger partial charge in [-0.3, -0.25) is 14.4 Å². The van der Waals surface area contributed by atoms with Crippen LogP contribution in [0.5, 0.6) is 0 Å². The molecule has 1 aliphatic rings. The van der Waals surface area contributed by atoms with E-state index >= 15 is 0 Å². The lowest BCUT2D eigenvalue weighted by molar-refractivity contribution is -0.122. The van der Waals surface area contributed by atoms with E-state index < -0.39 is 5.92 Å². The molecule has 2 aromatic carbocycles. The van der Waals surface area contributed by atoms with Crippen LogP contribution in [-0.2, 0) is 14.4 Å². The van der Waals surface area contributed by atoms with Gasteiger partial charge in [0, 0.05) is 35.9 Å². The molecular weight excluding hydrogens is 378 g/mol. The van der Waals surface area contributed by atoms with Gasteiger partial charge in [-0.25, -0.2) is 0 Å². The summed E-state index contributed by atoms with van der Waals surface area (Å²) < 4.78 is 0. The topological polar surface area (TPSA) is 78.5 Å². The predicted molar refractivity (Wildman–Crippen MR) is 120 cm³/mol. The minimum Gasteiger partial charge on any atom is -0.326 e. The number of anilines is 3. The molecule has 1 saturated heterocycles. The van der Waals surface area contributed by atoms with Crippen LogP contribution in [0.15, 0.2) is 36.4 Å². The highest BCUT2D eigenvalue weighted by Crippen LogP contribution is 2.30. The van der Waals surface area contributed by atoms with Crippen LogP contribution in [-0.4, -0.2) is 24.3 Å². The highest BCUT2D eigenvalue weighted by Gasteiger charge is 2.36. The summed E-state index contributed by atoms with van der Waals surface area (Å²) in [5.74, 6) is -0.873. The number of hydrogen-bond donors (Lipinski definition) is 2. The predicted octanol–water partition coefficient (Wildman–Crippen LogP) is 4.20. The average molecular weight is 408 g/mol. The number of nitrogens with zero attached hydrogens (tertiary/aromatic N) is 1. The Morgan fingerprint density at radius 1 is 1.03 bits per heavy atom. The fourth-order valence-electron chi connectivity index (χ4n) is 3.50. The van der Waals surface area contributed by atoms with Gasteiger partial charge in [0.25, 0.3) is 0 Å². The minimum absolute atomic E-state index is 0.0430. The molecule has 0 spiro atoms. The Hall–Kier alpha value is -3.15. The summed E-state index contributed by atoms with van der Waals surface area (Å²) in [5, 5.41) is 5.79. The SMILES string of the molecule is Cc1ccc(NC(=O)C(C)C)cc1NC(=O)C1CC(=O)N(c2cccc(C)c2C)C1. The van der Waals surface area contributed by atoms with Crippen molar-refractivity contribution in [3.63, 3.8) is 0 Å². The van der Waals surface area contributed by atoms with E-state index in [2.05, 4.69) is 10.6 Å². The van der Waals surface area contributed by atoms with Gasteiger partial charge in [-0.2, -0.15) is 0 Å². The molecule has 0 aromatic heterocycles. The second-order valence-electron chi connectivity index (χ2n) is 8.29. The molecule has 158 valence electrons. The van der Waals surface area contributed by atoms with Crippen molar-refractivity contribution in [2.24, 2.45) is 11.8 Å². The van der Waals surface area contributed by atoms with E-state index in [0.29, 0.717) is 17.9 Å². The standard InChI is InChI=1S/C24H29N3O3/c1-14(2)23(29)25-19-10-9-16(4)20(12-19)26-24(30)18-11-22(28)27(13-18)21-8-6-7-15(3)17(21)5/h6-10,12,14,18H,11,13H2,1-5H3,(H,25,29)(H,26,30). The van der Waals surface area contributed by atoms with Crippen molar-refractivity contribution in [2.45, 2.75) is 41.0 Å². The maximum Gasteiger partial charge on any atom is 0.229 e. The van der Waals surface area contributed by atoms with Gasteiger partial charge in [0.05, 0.1) is 5.92 Å². The molecule has 2 N–H and O–H groups in total. The van der Waals surface area contributed by atoms with Gasteiger partial charge in [0.15, 0.2) is 0 Å². The van der Waals surface area contributed by atoms with Gasteiger partial charge in [-0.05, 0) is 55.7 Å². The van der Waals surface area contributed by atoms with Crippen molar-refractivity contribution in [2.75, 3.05) is 22.1 Å². The van der Waals surface area contributed by atoms with Gasteiger partial charge in [0.1, 0.15) is 0 Å². The second kappa shape index (κ2) is 8.69. The molecule has 0 aliphatic carbocycles. The number of amides is 3. The Bertz CT molecular complexity index is 997. The summed E-state index contributed by atoms with van der Waals surface area (Å²) in [6, 6.07) is 11.3. The molecular formula is C24H29N3O3. The average Bonchev–Trinajstić information content (AvgIpc) is 3.08. The molecule has 1 unspecified atom stereocenters. The molecule has 6 heteroatoms. The third-order valence-corrected chi connectivity index (χ3v) is 5.65. The van der Waals surface area contributed by atoms with Crippen molar-refractivity contribution >= 4 is 34.8 Å². The van der Waals surface area contributed by atoms with Crippen molar-refractivity contribution in [1.82, 2.24) is 0 Å². The van der Waals surface area contributed by atoms with Crippen LogP contribution in [0.4, 0.5) is 17.1 Å². The highest BCUT2D eigenvalue weighted by molar-refractivity contribution is 6.04. The van der Waals surface area contributed by atoms with Crippen molar-refractivity contribution < 1.29 is 14.4 Å². The first-order valence-corrected chi connectivity index (χ1v) is 10.3. The molecule has 30 heavy (non-hydrogen) atoms. The zero-order valence-corrected chi connectivity index (χ0v) is 18.2. The number of carbonyl (C=O) groups excluding carboxylic acids is 3. The molecule has 1 fully saturated rings. The van der Waals surface area contributed by atoms with Gasteiger partial charge < -0.3 is 15.5 Å². The summed E-state index contributed by atoms with van der Waals surface area (Å²) in [4.78, 5) is 39.2. The molecule has 1 heterocycles. The highest BCUT2D eigenvalue weighted by atomic mass is 16.2. The maximum atomic E-state index is 12.9. The summed E-state index contributed by atoms with van der Waals surface area (Å²) in [6.07, 6.45) is 0.183. The van der Waals surface area contributed by atoms with E-state index in [1.165, 1.54) is 0 Å². The van der Waals surface area contributed by atoms with Crippen LogP contribution >= 0.6 is 0 Å². The number of rotatable bonds is 5. The molecule has 6 nitrogen and oxygen atoms in total. The molecule has 3 amide bonds. The Balaban J connectivity index is 1.73. The molecule has 0 radical (unpaired) electrons. The Labute approximate surface area is 177 Å². The molecule has 3 rings (SSSR count). The van der Waals surface area contributed by atoms with Gasteiger partial charge in [-0.1, -0.05) is 32.0 Å². The number of hydrogen-bond acceptors (Lipinski definition) is 3. The first-order chi connectivity index (χ1) is 14.2. The van der Waals surface area contributed by atoms with Gasteiger partial charge >= 0.3 is 0 Å². The van der Waals surface area contributed by atoms with Gasteiger partial charge in [0.2, 0.25) is 17.7 Å². The second-order valence-corrected chi connectivity index (χ2v) is 8.29. The van der Waals surface area contributed by atoms with E-state index in [1.54, 1.807) is 11.0 Å². The Kier molecular flexibility index (Phi) is 6.25. The van der Waals surface area contributed by atoms with Crippen molar-refractivity contribution in [3.05, 3.63) is 53.1 Å². The van der Waals surface area contributed by atoms with Crippen LogP contribution in [0.2, 0.25) is 0 Å². The van der Waals surface area contributed by atoms with Gasteiger partial charge in [-0.15, -0.1) is 0 Å². The summed E-state index contributed by atoms with van der Waals surface area (Å²) in [7, 11) is 0. The molecule has 1 aliphatic heterocycles. The minimum atomic E-state index is -0.425. The summed E-state index contributed by atoms with van der Waals surface area (Å²) >= 11 is 0. The number of benzene rings is 2. The van der Waals surface area contributed by atoms with E-state index in [9.17, 15) is 14.4 Å². The lowest BCUT2D eigenvalue weighted by Gasteiger charge is -2.20. The molecule has 1 atom stereocenters. The molecule has 2 aromatic rings. The van der Waals surface area contributed by atoms with Crippen LogP contribution in [0, 0.1) is 32.6 Å². The zero-order valence-electron chi connectivity index (χ0n) is 18.2. The first kappa shape index (κ1) is 21.6. The van der Waals surface area contributed by atoms with Crippen molar-refractivity contribution in [3.8, 4) is 0 Å². The lowest BCUT2D eigenvalue weighted by atomic mass is 10.1. The van der Waals surface area contributed by atoms with Crippen LogP contribution < -0.4 is 15.5 Å². The number of aryl methyl sites for hydroxylation is 2. The van der Waals surface area contributed by atoms with Crippen molar-refractivity contribution in [1.29, 1.82) is 0 Å². The fraction of sp³-hybridized carbons (Fsp3) is 0.375. The third kappa shape index (κ3) is 4.53. The fourth-order valence-corrected chi connectivity index (χ4v) is 3.50. The quantitative estimate of drug-likeness (QED) is 0.780. The summed E-state index contributed by atoms with van der Waals surface area (Å²) in [6.45, 7) is 9.91. The largest absolute Gasteiger partial charge is 0.326 e. The summed E-state index contributed by atoms with van der Waals surface area (Å²) in [5.41, 5.74) is 5.19. The Morgan fingerprint density at radius 3 is 2.47 bits per heavy atom. The van der Waals surface area contributed by atoms with Crippen LogP contribution in [0.25, 0.3) is 0 Å². The molecule has 0 bridgehead atoms. The third-order valence-electron chi connectivity index (χ3n) is 5.65. The number of nitrogens with one attached hydrogen (secondary N) is 2. The maximum absolute atomic E-state index is 12.9.